The van der Waals surface area contributed by atoms with Crippen LogP contribution in [0.1, 0.15) is 55.1 Å². The van der Waals surface area contributed by atoms with Crippen molar-refractivity contribution in [3.05, 3.63) is 71.3 Å². The van der Waals surface area contributed by atoms with E-state index in [9.17, 15) is 14.4 Å². The van der Waals surface area contributed by atoms with Gasteiger partial charge in [0.05, 0.1) is 13.0 Å². The van der Waals surface area contributed by atoms with Crippen LogP contribution in [0.5, 0.6) is 0 Å². The number of piperazine rings is 1. The number of hydrogen-bond donors (Lipinski definition) is 2. The number of carbonyl (C=O) groups excluding carboxylic acids is 3. The van der Waals surface area contributed by atoms with Crippen LogP contribution in [0, 0.1) is 0 Å². The molecule has 1 heterocycles. The molecule has 2 N–H and O–H groups in total. The van der Waals surface area contributed by atoms with E-state index in [1.165, 1.54) is 5.56 Å². The van der Waals surface area contributed by atoms with Gasteiger partial charge in [0.15, 0.2) is 5.11 Å². The van der Waals surface area contributed by atoms with E-state index >= 15 is 0 Å². The van der Waals surface area contributed by atoms with Gasteiger partial charge in [-0.05, 0) is 53.7 Å². The molecule has 8 heteroatoms. The van der Waals surface area contributed by atoms with Gasteiger partial charge in [-0.25, -0.2) is 0 Å². The first-order chi connectivity index (χ1) is 16.6. The molecule has 2 aromatic carbocycles. The van der Waals surface area contributed by atoms with Gasteiger partial charge in [0.2, 0.25) is 5.91 Å². The summed E-state index contributed by atoms with van der Waals surface area (Å²) in [5.74, 6) is -1.15. The van der Waals surface area contributed by atoms with Gasteiger partial charge in [0.1, 0.15) is 6.04 Å². The molecule has 0 aromatic heterocycles. The predicted octanol–water partition coefficient (Wildman–Crippen LogP) is 3.37. The van der Waals surface area contributed by atoms with Crippen LogP contribution < -0.4 is 10.6 Å². The number of carbonyl (C=O) groups is 3. The first kappa shape index (κ1) is 26.3. The van der Waals surface area contributed by atoms with Crippen LogP contribution in [0.4, 0.5) is 0 Å². The fraction of sp³-hybridized carbons (Fsp3) is 0.407. The topological polar surface area (TPSA) is 87.7 Å². The largest absolute Gasteiger partial charge is 0.466 e. The Morgan fingerprint density at radius 1 is 1.11 bits per heavy atom. The van der Waals surface area contributed by atoms with Crippen molar-refractivity contribution in [3.8, 4) is 0 Å². The molecule has 1 aliphatic heterocycles. The number of benzene rings is 2. The van der Waals surface area contributed by atoms with Crippen LogP contribution in [-0.4, -0.2) is 53.5 Å². The van der Waals surface area contributed by atoms with Gasteiger partial charge in [0.25, 0.3) is 5.91 Å². The van der Waals surface area contributed by atoms with Gasteiger partial charge < -0.3 is 15.0 Å². The molecule has 3 rings (SSSR count). The van der Waals surface area contributed by atoms with E-state index in [-0.39, 0.29) is 35.4 Å². The molecule has 0 radical (unpaired) electrons. The maximum atomic E-state index is 12.7. The molecular weight excluding hydrogens is 462 g/mol. The molecule has 1 atom stereocenters. The maximum Gasteiger partial charge on any atom is 0.308 e. The van der Waals surface area contributed by atoms with Gasteiger partial charge in [-0.3, -0.25) is 19.7 Å². The molecule has 2 amide bonds. The highest BCUT2D eigenvalue weighted by molar-refractivity contribution is 7.80. The molecule has 0 spiro atoms. The summed E-state index contributed by atoms with van der Waals surface area (Å²) in [4.78, 5) is 39.3. The third-order valence-corrected chi connectivity index (χ3v) is 6.24. The highest BCUT2D eigenvalue weighted by Gasteiger charge is 2.34. The van der Waals surface area contributed by atoms with Crippen LogP contribution in [0.3, 0.4) is 0 Å². The second-order valence-corrected chi connectivity index (χ2v) is 9.99. The Balaban J connectivity index is 1.53. The van der Waals surface area contributed by atoms with Gasteiger partial charge in [0, 0.05) is 18.7 Å². The summed E-state index contributed by atoms with van der Waals surface area (Å²) in [6.45, 7) is 7.35. The highest BCUT2D eigenvalue weighted by Crippen LogP contribution is 2.22. The zero-order chi connectivity index (χ0) is 25.4. The summed E-state index contributed by atoms with van der Waals surface area (Å²) in [5, 5.41) is 5.58. The Bertz CT molecular complexity index is 1050. The summed E-state index contributed by atoms with van der Waals surface area (Å²) < 4.78 is 5.36. The lowest BCUT2D eigenvalue weighted by molar-refractivity contribution is -0.147. The molecule has 1 saturated heterocycles. The number of nitrogens with one attached hydrogen (secondary N) is 2. The summed E-state index contributed by atoms with van der Waals surface area (Å²) in [7, 11) is 0. The van der Waals surface area contributed by atoms with Crippen molar-refractivity contribution in [2.24, 2.45) is 0 Å². The zero-order valence-corrected chi connectivity index (χ0v) is 21.3. The Morgan fingerprint density at radius 3 is 2.46 bits per heavy atom. The average Bonchev–Trinajstić information content (AvgIpc) is 2.83. The van der Waals surface area contributed by atoms with Crippen LogP contribution in [0.15, 0.2) is 54.6 Å². The number of hydrogen-bond acceptors (Lipinski definition) is 5. The molecule has 1 fully saturated rings. The van der Waals surface area contributed by atoms with E-state index in [1.54, 1.807) is 17.0 Å². The lowest BCUT2D eigenvalue weighted by Gasteiger charge is -2.36. The standard InChI is InChI=1S/C27H33N3O4S/c1-27(2,3)21-13-11-20(12-14-21)24(32)29-26(35)30-16-15-28-25(33)22(30)18-23(31)34-17-7-10-19-8-5-4-6-9-19/h4-6,8-9,11-14,22H,7,10,15-18H2,1-3H3,(H,28,33)(H,29,32,35). The fourth-order valence-corrected chi connectivity index (χ4v) is 4.16. The highest BCUT2D eigenvalue weighted by atomic mass is 32.1. The van der Waals surface area contributed by atoms with Gasteiger partial charge in [-0.15, -0.1) is 0 Å². The smallest absolute Gasteiger partial charge is 0.308 e. The fourth-order valence-electron chi connectivity index (χ4n) is 3.85. The monoisotopic (exact) mass is 495 g/mol. The van der Waals surface area contributed by atoms with Crippen LogP contribution in [0.2, 0.25) is 0 Å². The van der Waals surface area contributed by atoms with Crippen LogP contribution in [-0.2, 0) is 26.2 Å². The van der Waals surface area contributed by atoms with Crippen molar-refractivity contribution in [1.82, 2.24) is 15.5 Å². The first-order valence-corrected chi connectivity index (χ1v) is 12.3. The minimum atomic E-state index is -0.832. The van der Waals surface area contributed by atoms with Crippen molar-refractivity contribution in [2.75, 3.05) is 19.7 Å². The third kappa shape index (κ3) is 7.62. The minimum absolute atomic E-state index is 0.0190. The summed E-state index contributed by atoms with van der Waals surface area (Å²) in [6.07, 6.45) is 1.35. The van der Waals surface area contributed by atoms with E-state index in [0.717, 1.165) is 12.0 Å². The lowest BCUT2D eigenvalue weighted by Crippen LogP contribution is -2.60. The Kier molecular flexibility index (Phi) is 8.98. The van der Waals surface area contributed by atoms with E-state index in [4.69, 9.17) is 17.0 Å². The number of amides is 2. The van der Waals surface area contributed by atoms with Gasteiger partial charge in [-0.2, -0.15) is 0 Å². The number of nitrogens with zero attached hydrogens (tertiary/aromatic N) is 1. The molecule has 0 aliphatic carbocycles. The summed E-state index contributed by atoms with van der Waals surface area (Å²) in [6, 6.07) is 16.5. The number of rotatable bonds is 7. The average molecular weight is 496 g/mol. The molecule has 7 nitrogen and oxygen atoms in total. The van der Waals surface area contributed by atoms with Gasteiger partial charge in [-0.1, -0.05) is 63.2 Å². The zero-order valence-electron chi connectivity index (χ0n) is 20.5. The first-order valence-electron chi connectivity index (χ1n) is 11.8. The second kappa shape index (κ2) is 11.9. The quantitative estimate of drug-likeness (QED) is 0.348. The van der Waals surface area contributed by atoms with Crippen molar-refractivity contribution in [2.45, 2.75) is 51.5 Å². The second-order valence-electron chi connectivity index (χ2n) is 9.60. The van der Waals surface area contributed by atoms with Crippen molar-refractivity contribution < 1.29 is 19.1 Å². The van der Waals surface area contributed by atoms with Crippen LogP contribution >= 0.6 is 12.2 Å². The van der Waals surface area contributed by atoms with Crippen molar-refractivity contribution in [3.63, 3.8) is 0 Å². The molecular formula is C27H33N3O4S. The Hall–Kier alpha value is -3.26. The molecule has 1 unspecified atom stereocenters. The Labute approximate surface area is 212 Å². The van der Waals surface area contributed by atoms with Crippen LogP contribution in [0.25, 0.3) is 0 Å². The molecule has 1 aliphatic rings. The summed E-state index contributed by atoms with van der Waals surface area (Å²) in [5.41, 5.74) is 2.74. The van der Waals surface area contributed by atoms with E-state index in [0.29, 0.717) is 25.1 Å². The number of thiocarbonyl (C=S) groups is 1. The van der Waals surface area contributed by atoms with E-state index in [1.807, 2.05) is 42.5 Å². The van der Waals surface area contributed by atoms with E-state index < -0.39 is 12.0 Å². The lowest BCUT2D eigenvalue weighted by atomic mass is 9.87. The van der Waals surface area contributed by atoms with Crippen molar-refractivity contribution in [1.29, 1.82) is 0 Å². The third-order valence-electron chi connectivity index (χ3n) is 5.90. The van der Waals surface area contributed by atoms with Gasteiger partial charge >= 0.3 is 5.97 Å². The molecule has 35 heavy (non-hydrogen) atoms. The molecule has 2 aromatic rings. The van der Waals surface area contributed by atoms with E-state index in [2.05, 4.69) is 31.4 Å². The number of ether oxygens (including phenoxy) is 1. The maximum absolute atomic E-state index is 12.7. The minimum Gasteiger partial charge on any atom is -0.466 e. The predicted molar refractivity (Wildman–Crippen MR) is 139 cm³/mol. The molecule has 186 valence electrons. The number of aryl methyl sites for hydroxylation is 1. The Morgan fingerprint density at radius 2 is 1.80 bits per heavy atom. The molecule has 0 bridgehead atoms. The van der Waals surface area contributed by atoms with Crippen molar-refractivity contribution >= 4 is 35.1 Å². The normalized spacial score (nSPS) is 15.8. The SMILES string of the molecule is CC(C)(C)c1ccc(C(=O)NC(=S)N2CCNC(=O)C2CC(=O)OCCCc2ccccc2)cc1. The number of esters is 1. The molecule has 0 saturated carbocycles. The summed E-state index contributed by atoms with van der Waals surface area (Å²) >= 11 is 5.44.